The lowest BCUT2D eigenvalue weighted by molar-refractivity contribution is -0.124. The number of carbonyl (C=O) groups excluding carboxylic acids is 2. The number of amides is 1. The van der Waals surface area contributed by atoms with Gasteiger partial charge in [0.2, 0.25) is 0 Å². The second-order valence-corrected chi connectivity index (χ2v) is 6.62. The Morgan fingerprint density at radius 2 is 1.76 bits per heavy atom. The lowest BCUT2D eigenvalue weighted by atomic mass is 9.98. The molecule has 0 bridgehead atoms. The molecule has 3 aromatic rings. The number of nitrogens with zero attached hydrogens (tertiary/aromatic N) is 1. The summed E-state index contributed by atoms with van der Waals surface area (Å²) in [6.45, 7) is 2.55. The van der Waals surface area contributed by atoms with Crippen molar-refractivity contribution in [2.24, 2.45) is 0 Å². The Kier molecular flexibility index (Phi) is 6.92. The largest absolute Gasteiger partial charge is 0.452 e. The molecule has 150 valence electrons. The van der Waals surface area contributed by atoms with Crippen LogP contribution in [-0.4, -0.2) is 43.7 Å². The van der Waals surface area contributed by atoms with Crippen molar-refractivity contribution in [1.82, 2.24) is 10.3 Å². The van der Waals surface area contributed by atoms with Crippen LogP contribution in [0.5, 0.6) is 0 Å². The quantitative estimate of drug-likeness (QED) is 0.469. The van der Waals surface area contributed by atoms with Crippen molar-refractivity contribution in [2.75, 3.05) is 26.9 Å². The molecule has 0 aliphatic rings. The Morgan fingerprint density at radius 3 is 2.52 bits per heavy atom. The third kappa shape index (κ3) is 4.97. The number of methoxy groups -OCH3 is 1. The Bertz CT molecular complexity index is 1000. The summed E-state index contributed by atoms with van der Waals surface area (Å²) in [7, 11) is 1.61. The number of rotatable bonds is 8. The summed E-state index contributed by atoms with van der Waals surface area (Å²) in [5.41, 5.74) is 3.50. The van der Waals surface area contributed by atoms with Crippen LogP contribution in [0.15, 0.2) is 54.6 Å². The molecule has 0 aliphatic heterocycles. The van der Waals surface area contributed by atoms with Crippen LogP contribution in [0.1, 0.15) is 22.3 Å². The zero-order valence-corrected chi connectivity index (χ0v) is 16.6. The Balaban J connectivity index is 1.85. The molecule has 6 nitrogen and oxygen atoms in total. The number of hydrogen-bond donors (Lipinski definition) is 1. The lowest BCUT2D eigenvalue weighted by Gasteiger charge is -2.14. The third-order valence-electron chi connectivity index (χ3n) is 4.57. The first-order valence-electron chi connectivity index (χ1n) is 9.49. The summed E-state index contributed by atoms with van der Waals surface area (Å²) in [6, 6.07) is 17.1. The highest BCUT2D eigenvalue weighted by atomic mass is 16.5. The van der Waals surface area contributed by atoms with Gasteiger partial charge in [-0.1, -0.05) is 48.5 Å². The fourth-order valence-corrected chi connectivity index (χ4v) is 3.15. The van der Waals surface area contributed by atoms with E-state index in [4.69, 9.17) is 14.5 Å². The second kappa shape index (κ2) is 9.80. The molecule has 0 aliphatic carbocycles. The van der Waals surface area contributed by atoms with Crippen molar-refractivity contribution in [3.05, 3.63) is 65.7 Å². The summed E-state index contributed by atoms with van der Waals surface area (Å²) >= 11 is 0. The molecule has 0 saturated carbocycles. The zero-order chi connectivity index (χ0) is 20.6. The molecule has 3 rings (SSSR count). The van der Waals surface area contributed by atoms with Crippen molar-refractivity contribution in [1.29, 1.82) is 0 Å². The van der Waals surface area contributed by atoms with Gasteiger partial charge in [0.1, 0.15) is 0 Å². The van der Waals surface area contributed by atoms with E-state index in [-0.39, 0.29) is 12.5 Å². The maximum absolute atomic E-state index is 12.9. The van der Waals surface area contributed by atoms with Crippen molar-refractivity contribution >= 4 is 22.8 Å². The molecule has 1 N–H and O–H groups in total. The molecular formula is C23H24N2O4. The van der Waals surface area contributed by atoms with Crippen molar-refractivity contribution in [2.45, 2.75) is 13.3 Å². The third-order valence-corrected chi connectivity index (χ3v) is 4.57. The number of esters is 1. The fraction of sp³-hybridized carbons (Fsp3) is 0.261. The van der Waals surface area contributed by atoms with Crippen LogP contribution < -0.4 is 5.32 Å². The second-order valence-electron chi connectivity index (χ2n) is 6.62. The van der Waals surface area contributed by atoms with Crippen LogP contribution in [0.4, 0.5) is 0 Å². The molecule has 6 heteroatoms. The molecule has 2 aromatic carbocycles. The normalized spacial score (nSPS) is 10.7. The van der Waals surface area contributed by atoms with Crippen LogP contribution in [-0.2, 0) is 14.3 Å². The van der Waals surface area contributed by atoms with Gasteiger partial charge in [0, 0.05) is 31.2 Å². The molecular weight excluding hydrogens is 368 g/mol. The molecule has 0 fully saturated rings. The number of para-hydroxylation sites is 1. The Hall–Kier alpha value is -3.25. The van der Waals surface area contributed by atoms with E-state index in [0.717, 1.165) is 16.8 Å². The zero-order valence-electron chi connectivity index (χ0n) is 16.6. The van der Waals surface area contributed by atoms with Gasteiger partial charge in [-0.05, 0) is 25.0 Å². The molecule has 0 spiro atoms. The average Bonchev–Trinajstić information content (AvgIpc) is 2.75. The molecule has 1 amide bonds. The van der Waals surface area contributed by atoms with E-state index < -0.39 is 5.97 Å². The SMILES string of the molecule is COCCCNC(=O)COC(=O)c1c(C)c(-c2ccccc2)nc2ccccc12. The first-order chi connectivity index (χ1) is 14.1. The van der Waals surface area contributed by atoms with Crippen molar-refractivity contribution in [3.8, 4) is 11.3 Å². The predicted octanol–water partition coefficient (Wildman–Crippen LogP) is 3.52. The van der Waals surface area contributed by atoms with E-state index in [0.29, 0.717) is 36.0 Å². The van der Waals surface area contributed by atoms with E-state index in [9.17, 15) is 9.59 Å². The van der Waals surface area contributed by atoms with Gasteiger partial charge in [-0.25, -0.2) is 9.78 Å². The van der Waals surface area contributed by atoms with Gasteiger partial charge in [-0.3, -0.25) is 4.79 Å². The molecule has 0 radical (unpaired) electrons. The van der Waals surface area contributed by atoms with E-state index in [1.807, 2.05) is 61.5 Å². The number of benzene rings is 2. The van der Waals surface area contributed by atoms with Crippen LogP contribution in [0.2, 0.25) is 0 Å². The molecule has 29 heavy (non-hydrogen) atoms. The predicted molar refractivity (Wildman–Crippen MR) is 112 cm³/mol. The van der Waals surface area contributed by atoms with Gasteiger partial charge in [-0.2, -0.15) is 0 Å². The van der Waals surface area contributed by atoms with Crippen LogP contribution in [0, 0.1) is 6.92 Å². The minimum absolute atomic E-state index is 0.331. The van der Waals surface area contributed by atoms with Gasteiger partial charge in [-0.15, -0.1) is 0 Å². The number of nitrogens with one attached hydrogen (secondary N) is 1. The Morgan fingerprint density at radius 1 is 1.03 bits per heavy atom. The molecule has 1 heterocycles. The van der Waals surface area contributed by atoms with Crippen LogP contribution in [0.3, 0.4) is 0 Å². The number of aromatic nitrogens is 1. The average molecular weight is 392 g/mol. The van der Waals surface area contributed by atoms with Gasteiger partial charge in [0.05, 0.1) is 16.8 Å². The number of carbonyl (C=O) groups is 2. The van der Waals surface area contributed by atoms with Crippen LogP contribution in [0.25, 0.3) is 22.2 Å². The van der Waals surface area contributed by atoms with E-state index in [2.05, 4.69) is 5.32 Å². The van der Waals surface area contributed by atoms with Gasteiger partial charge in [0.25, 0.3) is 5.91 Å². The summed E-state index contributed by atoms with van der Waals surface area (Å²) in [6.07, 6.45) is 0.699. The minimum Gasteiger partial charge on any atom is -0.452 e. The van der Waals surface area contributed by atoms with E-state index in [1.165, 1.54) is 0 Å². The highest BCUT2D eigenvalue weighted by Gasteiger charge is 2.20. The first-order valence-corrected chi connectivity index (χ1v) is 9.49. The number of ether oxygens (including phenoxy) is 2. The molecule has 1 aromatic heterocycles. The minimum atomic E-state index is -0.537. The topological polar surface area (TPSA) is 77.5 Å². The summed E-state index contributed by atoms with van der Waals surface area (Å²) in [5, 5.41) is 3.41. The van der Waals surface area contributed by atoms with Gasteiger partial charge in [0.15, 0.2) is 6.61 Å². The number of hydrogen-bond acceptors (Lipinski definition) is 5. The molecule has 0 saturated heterocycles. The smallest absolute Gasteiger partial charge is 0.339 e. The van der Waals surface area contributed by atoms with Crippen molar-refractivity contribution in [3.63, 3.8) is 0 Å². The Labute approximate surface area is 169 Å². The maximum atomic E-state index is 12.9. The van der Waals surface area contributed by atoms with E-state index in [1.54, 1.807) is 7.11 Å². The highest BCUT2D eigenvalue weighted by molar-refractivity contribution is 6.06. The molecule has 0 atom stereocenters. The first kappa shape index (κ1) is 20.5. The summed E-state index contributed by atoms with van der Waals surface area (Å²) in [5.74, 6) is -0.876. The standard InChI is InChI=1S/C23H24N2O4/c1-16-21(23(27)29-15-20(26)24-13-8-14-28-2)18-11-6-7-12-19(18)25-22(16)17-9-4-3-5-10-17/h3-7,9-12H,8,13-15H2,1-2H3,(H,24,26). The van der Waals surface area contributed by atoms with E-state index >= 15 is 0 Å². The monoisotopic (exact) mass is 392 g/mol. The molecule has 0 unspecified atom stereocenters. The van der Waals surface area contributed by atoms with Gasteiger partial charge < -0.3 is 14.8 Å². The summed E-state index contributed by atoms with van der Waals surface area (Å²) < 4.78 is 10.3. The maximum Gasteiger partial charge on any atom is 0.339 e. The van der Waals surface area contributed by atoms with Crippen molar-refractivity contribution < 1.29 is 19.1 Å². The van der Waals surface area contributed by atoms with Gasteiger partial charge >= 0.3 is 5.97 Å². The number of fused-ring (bicyclic) bond motifs is 1. The highest BCUT2D eigenvalue weighted by Crippen LogP contribution is 2.30. The number of pyridine rings is 1. The fourth-order valence-electron chi connectivity index (χ4n) is 3.15. The lowest BCUT2D eigenvalue weighted by Crippen LogP contribution is -2.30. The summed E-state index contributed by atoms with van der Waals surface area (Å²) in [4.78, 5) is 29.6. The van der Waals surface area contributed by atoms with Crippen LogP contribution >= 0.6 is 0 Å².